The third kappa shape index (κ3) is 2.87. The number of carbonyl (C=O) groups is 1. The van der Waals surface area contributed by atoms with Gasteiger partial charge >= 0.3 is 0 Å². The molecule has 3 nitrogen and oxygen atoms in total. The van der Waals surface area contributed by atoms with Crippen molar-refractivity contribution in [3.05, 3.63) is 21.3 Å². The van der Waals surface area contributed by atoms with Crippen molar-refractivity contribution in [2.75, 3.05) is 13.1 Å². The van der Waals surface area contributed by atoms with Crippen molar-refractivity contribution in [2.45, 2.75) is 51.2 Å². The standard InChI is InChI=1S/C15H21ClN2OS/c1-11(19)18-9-3-5-14(18)13-4-2-8-17(13)10-12-6-7-15(16)20-12/h6-7,13-14H,2-5,8-10H2,1H3/t13-,14+/m0/s1. The maximum absolute atomic E-state index is 11.8. The molecule has 0 bridgehead atoms. The van der Waals surface area contributed by atoms with E-state index in [4.69, 9.17) is 11.6 Å². The summed E-state index contributed by atoms with van der Waals surface area (Å²) in [5, 5.41) is 0. The van der Waals surface area contributed by atoms with Crippen molar-refractivity contribution in [1.29, 1.82) is 0 Å². The van der Waals surface area contributed by atoms with Crippen LogP contribution in [0.4, 0.5) is 0 Å². The van der Waals surface area contributed by atoms with Gasteiger partial charge in [0.1, 0.15) is 0 Å². The highest BCUT2D eigenvalue weighted by molar-refractivity contribution is 7.16. The molecule has 0 unspecified atom stereocenters. The maximum Gasteiger partial charge on any atom is 0.219 e. The molecule has 2 aliphatic heterocycles. The van der Waals surface area contributed by atoms with Crippen molar-refractivity contribution in [3.63, 3.8) is 0 Å². The fourth-order valence-electron chi connectivity index (χ4n) is 3.70. The molecule has 2 aliphatic rings. The zero-order valence-corrected chi connectivity index (χ0v) is 13.4. The fourth-order valence-corrected chi connectivity index (χ4v) is 4.82. The van der Waals surface area contributed by atoms with E-state index in [2.05, 4.69) is 15.9 Å². The van der Waals surface area contributed by atoms with E-state index in [1.807, 2.05) is 6.07 Å². The van der Waals surface area contributed by atoms with Crippen LogP contribution >= 0.6 is 22.9 Å². The number of carbonyl (C=O) groups excluding carboxylic acids is 1. The highest BCUT2D eigenvalue weighted by atomic mass is 35.5. The van der Waals surface area contributed by atoms with Gasteiger partial charge in [0, 0.05) is 37.0 Å². The lowest BCUT2D eigenvalue weighted by Gasteiger charge is -2.34. The van der Waals surface area contributed by atoms with Crippen molar-refractivity contribution in [2.24, 2.45) is 0 Å². The van der Waals surface area contributed by atoms with E-state index < -0.39 is 0 Å². The Morgan fingerprint density at radius 2 is 2.05 bits per heavy atom. The van der Waals surface area contributed by atoms with Crippen LogP contribution in [-0.2, 0) is 11.3 Å². The van der Waals surface area contributed by atoms with Gasteiger partial charge in [-0.25, -0.2) is 0 Å². The molecule has 5 heteroatoms. The van der Waals surface area contributed by atoms with Crippen LogP contribution in [0.15, 0.2) is 12.1 Å². The van der Waals surface area contributed by atoms with E-state index in [0.717, 1.165) is 36.8 Å². The fraction of sp³-hybridized carbons (Fsp3) is 0.667. The highest BCUT2D eigenvalue weighted by Gasteiger charge is 2.38. The van der Waals surface area contributed by atoms with Gasteiger partial charge in [-0.1, -0.05) is 11.6 Å². The summed E-state index contributed by atoms with van der Waals surface area (Å²) in [5.74, 6) is 0.235. The van der Waals surface area contributed by atoms with Gasteiger partial charge in [-0.2, -0.15) is 0 Å². The number of thiophene rings is 1. The Labute approximate surface area is 129 Å². The van der Waals surface area contributed by atoms with Crippen LogP contribution in [0.25, 0.3) is 0 Å². The summed E-state index contributed by atoms with van der Waals surface area (Å²) < 4.78 is 0.863. The Kier molecular flexibility index (Phi) is 4.34. The number of hydrogen-bond donors (Lipinski definition) is 0. The first-order chi connectivity index (χ1) is 9.65. The van der Waals surface area contributed by atoms with Gasteiger partial charge in [-0.15, -0.1) is 11.3 Å². The molecule has 0 aromatic carbocycles. The third-order valence-electron chi connectivity index (χ3n) is 4.55. The summed E-state index contributed by atoms with van der Waals surface area (Å²) in [5.41, 5.74) is 0. The molecule has 2 fully saturated rings. The summed E-state index contributed by atoms with van der Waals surface area (Å²) in [6, 6.07) is 5.05. The smallest absolute Gasteiger partial charge is 0.219 e. The summed E-state index contributed by atoms with van der Waals surface area (Å²) in [6.07, 6.45) is 4.77. The second-order valence-corrected chi connectivity index (χ2v) is 7.61. The van der Waals surface area contributed by atoms with Crippen LogP contribution in [0.5, 0.6) is 0 Å². The SMILES string of the molecule is CC(=O)N1CCC[C@@H]1[C@@H]1CCCN1Cc1ccc(Cl)s1. The molecule has 0 N–H and O–H groups in total. The van der Waals surface area contributed by atoms with Crippen molar-refractivity contribution < 1.29 is 4.79 Å². The molecule has 0 spiro atoms. The van der Waals surface area contributed by atoms with Crippen LogP contribution in [0.2, 0.25) is 4.34 Å². The van der Waals surface area contributed by atoms with Crippen molar-refractivity contribution >= 4 is 28.8 Å². The van der Waals surface area contributed by atoms with E-state index in [1.54, 1.807) is 18.3 Å². The topological polar surface area (TPSA) is 23.6 Å². The molecular formula is C15H21ClN2OS. The average Bonchev–Trinajstić information content (AvgIpc) is 3.09. The Bertz CT molecular complexity index is 490. The highest BCUT2D eigenvalue weighted by Crippen LogP contribution is 2.32. The second kappa shape index (κ2) is 6.04. The minimum Gasteiger partial charge on any atom is -0.338 e. The van der Waals surface area contributed by atoms with Gasteiger partial charge in [-0.05, 0) is 44.4 Å². The molecular weight excluding hydrogens is 292 g/mol. The van der Waals surface area contributed by atoms with Crippen molar-refractivity contribution in [1.82, 2.24) is 9.80 Å². The molecule has 1 amide bonds. The summed E-state index contributed by atoms with van der Waals surface area (Å²) in [4.78, 5) is 17.7. The average molecular weight is 313 g/mol. The van der Waals surface area contributed by atoms with Crippen LogP contribution in [0, 0.1) is 0 Å². The molecule has 20 heavy (non-hydrogen) atoms. The zero-order chi connectivity index (χ0) is 14.1. The molecule has 0 radical (unpaired) electrons. The van der Waals surface area contributed by atoms with Crippen LogP contribution in [0.3, 0.4) is 0 Å². The van der Waals surface area contributed by atoms with E-state index in [9.17, 15) is 4.79 Å². The Morgan fingerprint density at radius 3 is 2.75 bits per heavy atom. The lowest BCUT2D eigenvalue weighted by Crippen LogP contribution is -2.47. The lowest BCUT2D eigenvalue weighted by atomic mass is 10.0. The predicted octanol–water partition coefficient (Wildman–Crippen LogP) is 3.38. The number of amides is 1. The summed E-state index contributed by atoms with van der Waals surface area (Å²) >= 11 is 7.69. The van der Waals surface area contributed by atoms with Gasteiger partial charge in [0.15, 0.2) is 0 Å². The summed E-state index contributed by atoms with van der Waals surface area (Å²) in [7, 11) is 0. The number of halogens is 1. The molecule has 0 aliphatic carbocycles. The quantitative estimate of drug-likeness (QED) is 0.854. The third-order valence-corrected chi connectivity index (χ3v) is 5.77. The molecule has 3 heterocycles. The predicted molar refractivity (Wildman–Crippen MR) is 83.2 cm³/mol. The lowest BCUT2D eigenvalue weighted by molar-refractivity contribution is -0.130. The van der Waals surface area contributed by atoms with Gasteiger partial charge in [0.05, 0.1) is 4.34 Å². The van der Waals surface area contributed by atoms with Crippen LogP contribution < -0.4 is 0 Å². The molecule has 1 aromatic heterocycles. The molecule has 3 rings (SSSR count). The van der Waals surface area contributed by atoms with Crippen LogP contribution in [0.1, 0.15) is 37.5 Å². The van der Waals surface area contributed by atoms with E-state index >= 15 is 0 Å². The molecule has 1 aromatic rings. The molecule has 2 atom stereocenters. The number of likely N-dealkylation sites (tertiary alicyclic amines) is 2. The second-order valence-electron chi connectivity index (χ2n) is 5.81. The van der Waals surface area contributed by atoms with Gasteiger partial charge in [0.25, 0.3) is 0 Å². The van der Waals surface area contributed by atoms with Gasteiger partial charge in [0.2, 0.25) is 5.91 Å². The van der Waals surface area contributed by atoms with Crippen molar-refractivity contribution in [3.8, 4) is 0 Å². The summed E-state index contributed by atoms with van der Waals surface area (Å²) in [6.45, 7) is 4.76. The number of nitrogens with zero attached hydrogens (tertiary/aromatic N) is 2. The zero-order valence-electron chi connectivity index (χ0n) is 11.8. The first-order valence-corrected chi connectivity index (χ1v) is 8.60. The first kappa shape index (κ1) is 14.4. The van der Waals surface area contributed by atoms with Crippen LogP contribution in [-0.4, -0.2) is 40.9 Å². The Hall–Kier alpha value is -0.580. The number of rotatable bonds is 3. The monoisotopic (exact) mass is 312 g/mol. The Balaban J connectivity index is 1.70. The van der Waals surface area contributed by atoms with E-state index in [1.165, 1.54) is 17.7 Å². The maximum atomic E-state index is 11.8. The largest absolute Gasteiger partial charge is 0.338 e. The minimum absolute atomic E-state index is 0.235. The van der Waals surface area contributed by atoms with E-state index in [-0.39, 0.29) is 5.91 Å². The normalized spacial score (nSPS) is 27.4. The molecule has 110 valence electrons. The molecule has 2 saturated heterocycles. The minimum atomic E-state index is 0.235. The first-order valence-electron chi connectivity index (χ1n) is 7.40. The Morgan fingerprint density at radius 1 is 1.30 bits per heavy atom. The van der Waals surface area contributed by atoms with Gasteiger partial charge < -0.3 is 4.90 Å². The molecule has 0 saturated carbocycles. The number of hydrogen-bond acceptors (Lipinski definition) is 3. The van der Waals surface area contributed by atoms with E-state index in [0.29, 0.717) is 12.1 Å². The van der Waals surface area contributed by atoms with Gasteiger partial charge in [-0.3, -0.25) is 9.69 Å².